The molecule has 0 aliphatic carbocycles. The summed E-state index contributed by atoms with van der Waals surface area (Å²) in [6.45, 7) is 1.52. The van der Waals surface area contributed by atoms with Crippen LogP contribution in [0.3, 0.4) is 0 Å². The number of aliphatic hydroxyl groups is 1. The highest BCUT2D eigenvalue weighted by atomic mass is 32.1. The van der Waals surface area contributed by atoms with Gasteiger partial charge in [0, 0.05) is 10.9 Å². The second kappa shape index (κ2) is 5.59. The largest absolute Gasteiger partial charge is 0.378 e. The predicted octanol–water partition coefficient (Wildman–Crippen LogP) is 4.34. The zero-order valence-electron chi connectivity index (χ0n) is 11.8. The maximum atomic E-state index is 13.4. The summed E-state index contributed by atoms with van der Waals surface area (Å²) >= 11 is 1.28. The van der Waals surface area contributed by atoms with Gasteiger partial charge in [-0.05, 0) is 24.6 Å². The fraction of sp³-hybridized carbons (Fsp3) is 0.118. The molecule has 0 radical (unpaired) electrons. The SMILES string of the molecule is CC(O)(c1ccc(F)c(F)c1)c1nc(-c2ccccc2)cs1. The van der Waals surface area contributed by atoms with Gasteiger partial charge in [0.2, 0.25) is 0 Å². The summed E-state index contributed by atoms with van der Waals surface area (Å²) in [5, 5.41) is 13.0. The lowest BCUT2D eigenvalue weighted by molar-refractivity contribution is 0.101. The van der Waals surface area contributed by atoms with Crippen molar-refractivity contribution in [3.63, 3.8) is 0 Å². The molecular formula is C17H13F2NOS. The van der Waals surface area contributed by atoms with E-state index in [1.807, 2.05) is 35.7 Å². The van der Waals surface area contributed by atoms with Crippen LogP contribution in [0.15, 0.2) is 53.9 Å². The van der Waals surface area contributed by atoms with Gasteiger partial charge in [0.15, 0.2) is 11.6 Å². The minimum Gasteiger partial charge on any atom is -0.378 e. The van der Waals surface area contributed by atoms with Crippen molar-refractivity contribution < 1.29 is 13.9 Å². The molecule has 1 N–H and O–H groups in total. The van der Waals surface area contributed by atoms with Crippen molar-refractivity contribution in [1.29, 1.82) is 0 Å². The van der Waals surface area contributed by atoms with Gasteiger partial charge in [0.05, 0.1) is 5.69 Å². The Morgan fingerprint density at radius 3 is 2.45 bits per heavy atom. The van der Waals surface area contributed by atoms with Gasteiger partial charge in [-0.3, -0.25) is 0 Å². The average molecular weight is 317 g/mol. The maximum Gasteiger partial charge on any atom is 0.159 e. The lowest BCUT2D eigenvalue weighted by Crippen LogP contribution is -2.22. The van der Waals surface area contributed by atoms with E-state index in [1.165, 1.54) is 24.3 Å². The Balaban J connectivity index is 1.99. The lowest BCUT2D eigenvalue weighted by atomic mass is 9.96. The van der Waals surface area contributed by atoms with E-state index in [0.29, 0.717) is 5.01 Å². The molecule has 0 saturated carbocycles. The topological polar surface area (TPSA) is 33.1 Å². The molecule has 1 aromatic heterocycles. The van der Waals surface area contributed by atoms with E-state index < -0.39 is 17.2 Å². The third kappa shape index (κ3) is 2.65. The van der Waals surface area contributed by atoms with E-state index in [-0.39, 0.29) is 5.56 Å². The number of nitrogens with zero attached hydrogens (tertiary/aromatic N) is 1. The van der Waals surface area contributed by atoms with Crippen LogP contribution in [0.2, 0.25) is 0 Å². The van der Waals surface area contributed by atoms with Crippen molar-refractivity contribution >= 4 is 11.3 Å². The number of benzene rings is 2. The lowest BCUT2D eigenvalue weighted by Gasteiger charge is -2.21. The summed E-state index contributed by atoms with van der Waals surface area (Å²) in [7, 11) is 0. The van der Waals surface area contributed by atoms with E-state index >= 15 is 0 Å². The first-order chi connectivity index (χ1) is 10.5. The van der Waals surface area contributed by atoms with Crippen LogP contribution in [0.25, 0.3) is 11.3 Å². The minimum atomic E-state index is -1.48. The number of thiazole rings is 1. The van der Waals surface area contributed by atoms with Crippen LogP contribution in [-0.2, 0) is 5.60 Å². The van der Waals surface area contributed by atoms with Gasteiger partial charge < -0.3 is 5.11 Å². The predicted molar refractivity (Wildman–Crippen MR) is 82.6 cm³/mol. The Morgan fingerprint density at radius 2 is 1.77 bits per heavy atom. The van der Waals surface area contributed by atoms with Crippen LogP contribution in [0.5, 0.6) is 0 Å². The molecule has 3 rings (SSSR count). The zero-order chi connectivity index (χ0) is 15.7. The van der Waals surface area contributed by atoms with Gasteiger partial charge in [-0.2, -0.15) is 0 Å². The Labute approximate surface area is 130 Å². The summed E-state index contributed by atoms with van der Waals surface area (Å²) in [4.78, 5) is 4.43. The van der Waals surface area contributed by atoms with Crippen molar-refractivity contribution in [3.05, 3.63) is 76.1 Å². The number of rotatable bonds is 3. The fourth-order valence-corrected chi connectivity index (χ4v) is 3.07. The number of halogens is 2. The Kier molecular flexibility index (Phi) is 3.76. The van der Waals surface area contributed by atoms with E-state index in [9.17, 15) is 13.9 Å². The molecule has 0 bridgehead atoms. The Hall–Kier alpha value is -2.11. The molecule has 0 aliphatic heterocycles. The van der Waals surface area contributed by atoms with Crippen LogP contribution in [0.1, 0.15) is 17.5 Å². The van der Waals surface area contributed by atoms with Crippen molar-refractivity contribution in [3.8, 4) is 11.3 Å². The summed E-state index contributed by atoms with van der Waals surface area (Å²) in [5.41, 5.74) is 0.460. The van der Waals surface area contributed by atoms with Gasteiger partial charge in [-0.1, -0.05) is 36.4 Å². The fourth-order valence-electron chi connectivity index (χ4n) is 2.16. The number of hydrogen-bond acceptors (Lipinski definition) is 3. The quantitative estimate of drug-likeness (QED) is 0.779. The van der Waals surface area contributed by atoms with E-state index in [1.54, 1.807) is 0 Å². The monoisotopic (exact) mass is 317 g/mol. The molecule has 112 valence electrons. The third-order valence-corrected chi connectivity index (χ3v) is 4.53. The molecule has 22 heavy (non-hydrogen) atoms. The molecule has 2 nitrogen and oxygen atoms in total. The Bertz CT molecular complexity index is 799. The third-order valence-electron chi connectivity index (χ3n) is 3.47. The molecule has 0 aliphatic rings. The van der Waals surface area contributed by atoms with Crippen LogP contribution in [-0.4, -0.2) is 10.1 Å². The second-order valence-corrected chi connectivity index (χ2v) is 5.96. The smallest absolute Gasteiger partial charge is 0.159 e. The van der Waals surface area contributed by atoms with Crippen molar-refractivity contribution in [2.24, 2.45) is 0 Å². The molecule has 1 atom stereocenters. The molecule has 0 spiro atoms. The molecule has 5 heteroatoms. The molecular weight excluding hydrogens is 304 g/mol. The van der Waals surface area contributed by atoms with Gasteiger partial charge in [-0.15, -0.1) is 11.3 Å². The van der Waals surface area contributed by atoms with Crippen LogP contribution >= 0.6 is 11.3 Å². The number of aromatic nitrogens is 1. The molecule has 1 unspecified atom stereocenters. The van der Waals surface area contributed by atoms with Crippen molar-refractivity contribution in [2.75, 3.05) is 0 Å². The van der Waals surface area contributed by atoms with Crippen LogP contribution in [0.4, 0.5) is 8.78 Å². The van der Waals surface area contributed by atoms with Crippen LogP contribution < -0.4 is 0 Å². The number of hydrogen-bond donors (Lipinski definition) is 1. The van der Waals surface area contributed by atoms with Crippen LogP contribution in [0, 0.1) is 11.6 Å². The average Bonchev–Trinajstić information content (AvgIpc) is 3.01. The van der Waals surface area contributed by atoms with Gasteiger partial charge >= 0.3 is 0 Å². The molecule has 1 heterocycles. The highest BCUT2D eigenvalue weighted by Gasteiger charge is 2.30. The first-order valence-corrected chi connectivity index (χ1v) is 7.56. The van der Waals surface area contributed by atoms with Gasteiger partial charge in [0.25, 0.3) is 0 Å². The minimum absolute atomic E-state index is 0.264. The summed E-state index contributed by atoms with van der Waals surface area (Å²) in [6, 6.07) is 12.9. The standard InChI is InChI=1S/C17H13F2NOS/c1-17(21,12-7-8-13(18)14(19)9-12)16-20-15(10-22-16)11-5-3-2-4-6-11/h2-10,21H,1H3. The van der Waals surface area contributed by atoms with E-state index in [2.05, 4.69) is 4.98 Å². The Morgan fingerprint density at radius 1 is 1.05 bits per heavy atom. The molecule has 0 fully saturated rings. The second-order valence-electron chi connectivity index (χ2n) is 5.11. The van der Waals surface area contributed by atoms with Crippen molar-refractivity contribution in [2.45, 2.75) is 12.5 Å². The molecule has 2 aromatic carbocycles. The summed E-state index contributed by atoms with van der Waals surface area (Å²) < 4.78 is 26.4. The first kappa shape index (κ1) is 14.8. The summed E-state index contributed by atoms with van der Waals surface area (Å²) in [5.74, 6) is -1.93. The maximum absolute atomic E-state index is 13.4. The highest BCUT2D eigenvalue weighted by Crippen LogP contribution is 2.34. The van der Waals surface area contributed by atoms with Crippen molar-refractivity contribution in [1.82, 2.24) is 4.98 Å². The first-order valence-electron chi connectivity index (χ1n) is 6.68. The molecule has 0 amide bonds. The van der Waals surface area contributed by atoms with E-state index in [0.717, 1.165) is 23.4 Å². The summed E-state index contributed by atoms with van der Waals surface area (Å²) in [6.07, 6.45) is 0. The van der Waals surface area contributed by atoms with E-state index in [4.69, 9.17) is 0 Å². The zero-order valence-corrected chi connectivity index (χ0v) is 12.6. The van der Waals surface area contributed by atoms with Gasteiger partial charge in [-0.25, -0.2) is 13.8 Å². The highest BCUT2D eigenvalue weighted by molar-refractivity contribution is 7.10. The molecule has 0 saturated heterocycles. The van der Waals surface area contributed by atoms with Gasteiger partial charge in [0.1, 0.15) is 10.6 Å². The normalized spacial score (nSPS) is 13.8. The molecule has 3 aromatic rings.